The monoisotopic (exact) mass is 1150 g/mol. The molecular formula is C59H61N8O13PS. The summed E-state index contributed by atoms with van der Waals surface area (Å²) in [5.41, 5.74) is 7.27. The Morgan fingerprint density at radius 2 is 1.55 bits per heavy atom. The van der Waals surface area contributed by atoms with Gasteiger partial charge in [0.05, 0.1) is 10.9 Å². The van der Waals surface area contributed by atoms with Crippen LogP contribution in [0.15, 0.2) is 103 Å². The maximum atomic E-state index is 15.0. The fourth-order valence-corrected chi connectivity index (χ4v) is 12.5. The van der Waals surface area contributed by atoms with Crippen molar-refractivity contribution in [1.82, 2.24) is 36.0 Å². The SMILES string of the molecule is NC(=O)CCC(NC(=O)[C@@H]1CC[C@@H]2CCN(C(=O)CCCCCC#Cc3cccc4c3CN(C3CCC(=O)NC3=O)C4=O)C[C@H](NC(=O)c3cc4cc(C(=O)P(=O)(O)O)ccc4s3)C(=O)N21)C(=O)NC(c1ccccc1)c1ccccc1. The standard InChI is InChI=1S/C59H61N8O13PS/c60-49(68)27-23-43(53(71)64-52(36-14-7-4-8-15-36)37-16-9-5-10-17-37)61-55(73)46-24-22-40-29-30-65(34-44(58(76)67(40)46)62-56(74)48-32-39-31-38(21-26-47(39)82-48)59(77)81(78,79)80)51(70)20-11-3-1-2-6-13-35-18-12-19-41-42(35)33-66(57(41)75)45-25-28-50(69)63-54(45)72/h4-5,7-10,12,14-19,21,26,31-32,40,43-46,52H,1-3,11,20,22-25,27-30,33-34H2,(H2,60,68)(H,61,73)(H,62,74)(H,64,71)(H,63,69,72)(H2,78,79,80)/t40-,43?,44+,45?,46+/m1/s1. The van der Waals surface area contributed by atoms with Gasteiger partial charge in [-0.15, -0.1) is 11.3 Å². The van der Waals surface area contributed by atoms with Gasteiger partial charge in [0.15, 0.2) is 0 Å². The molecule has 1 aromatic heterocycles. The number of imide groups is 1. The Bertz CT molecular complexity index is 3430. The van der Waals surface area contributed by atoms with E-state index in [0.29, 0.717) is 59.7 Å². The maximum absolute atomic E-state index is 15.0. The van der Waals surface area contributed by atoms with Crippen LogP contribution in [0.3, 0.4) is 0 Å². The molecular weight excluding hydrogens is 1090 g/mol. The van der Waals surface area contributed by atoms with E-state index in [9.17, 15) is 57.5 Å². The summed E-state index contributed by atoms with van der Waals surface area (Å²) in [6, 6.07) is 23.4. The lowest BCUT2D eigenvalue weighted by Gasteiger charge is -2.39. The molecule has 0 saturated carbocycles. The van der Waals surface area contributed by atoms with Crippen molar-refractivity contribution in [2.75, 3.05) is 13.1 Å². The number of fused-ring (bicyclic) bond motifs is 3. The fourth-order valence-electron chi connectivity index (χ4n) is 11.1. The zero-order valence-corrected chi connectivity index (χ0v) is 46.3. The summed E-state index contributed by atoms with van der Waals surface area (Å²) in [5, 5.41) is 11.3. The second-order valence-corrected chi connectivity index (χ2v) is 23.4. The number of thiophene rings is 1. The van der Waals surface area contributed by atoms with E-state index >= 15 is 4.79 Å². The van der Waals surface area contributed by atoms with Crippen LogP contribution in [0.2, 0.25) is 0 Å². The maximum Gasteiger partial charge on any atom is 0.396 e. The van der Waals surface area contributed by atoms with E-state index in [1.54, 1.807) is 12.1 Å². The van der Waals surface area contributed by atoms with Crippen LogP contribution in [0.25, 0.3) is 10.1 Å². The van der Waals surface area contributed by atoms with Crippen LogP contribution in [0.4, 0.5) is 0 Å². The smallest absolute Gasteiger partial charge is 0.370 e. The second kappa shape index (κ2) is 25.6. The second-order valence-electron chi connectivity index (χ2n) is 20.8. The summed E-state index contributed by atoms with van der Waals surface area (Å²) in [7, 11) is -5.12. The van der Waals surface area contributed by atoms with E-state index in [-0.39, 0.29) is 86.3 Å². The third-order valence-electron chi connectivity index (χ3n) is 15.3. The molecule has 5 heterocycles. The molecule has 0 spiro atoms. The van der Waals surface area contributed by atoms with Gasteiger partial charge in [0.1, 0.15) is 24.2 Å². The molecule has 426 valence electrons. The summed E-state index contributed by atoms with van der Waals surface area (Å²) in [6.07, 6.45) is 3.17. The van der Waals surface area contributed by atoms with E-state index in [4.69, 9.17) is 5.73 Å². The van der Waals surface area contributed by atoms with Crippen molar-refractivity contribution in [2.45, 2.75) is 120 Å². The zero-order valence-electron chi connectivity index (χ0n) is 44.5. The molecule has 82 heavy (non-hydrogen) atoms. The zero-order chi connectivity index (χ0) is 58.2. The van der Waals surface area contributed by atoms with E-state index in [1.807, 2.05) is 66.7 Å². The molecule has 3 saturated heterocycles. The fraction of sp³-hybridized carbons (Fsp3) is 0.356. The highest BCUT2D eigenvalue weighted by atomic mass is 32.1. The van der Waals surface area contributed by atoms with E-state index in [0.717, 1.165) is 28.0 Å². The van der Waals surface area contributed by atoms with Crippen LogP contribution in [0.1, 0.15) is 136 Å². The molecule has 2 unspecified atom stereocenters. The molecule has 9 amide bonds. The Morgan fingerprint density at radius 3 is 2.24 bits per heavy atom. The van der Waals surface area contributed by atoms with Crippen LogP contribution < -0.4 is 27.0 Å². The van der Waals surface area contributed by atoms with Crippen molar-refractivity contribution >= 4 is 87.7 Å². The van der Waals surface area contributed by atoms with Gasteiger partial charge < -0.3 is 46.2 Å². The van der Waals surface area contributed by atoms with Crippen molar-refractivity contribution in [1.29, 1.82) is 0 Å². The highest BCUT2D eigenvalue weighted by Crippen LogP contribution is 2.40. The topological polar surface area (TPSA) is 312 Å². The van der Waals surface area contributed by atoms with Gasteiger partial charge in [0.25, 0.3) is 17.3 Å². The van der Waals surface area contributed by atoms with Crippen LogP contribution in [-0.2, 0) is 44.7 Å². The molecule has 5 aromatic rings. The molecule has 5 atom stereocenters. The summed E-state index contributed by atoms with van der Waals surface area (Å²) >= 11 is 1.00. The number of nitrogens with one attached hydrogen (secondary N) is 4. The molecule has 4 aromatic carbocycles. The first-order valence-electron chi connectivity index (χ1n) is 27.1. The number of carbonyl (C=O) groups excluding carboxylic acids is 10. The number of amides is 9. The Hall–Kier alpha value is -8.35. The highest BCUT2D eigenvalue weighted by molar-refractivity contribution is 7.70. The summed E-state index contributed by atoms with van der Waals surface area (Å²) < 4.78 is 12.3. The molecule has 23 heteroatoms. The van der Waals surface area contributed by atoms with Gasteiger partial charge in [-0.1, -0.05) is 85.0 Å². The van der Waals surface area contributed by atoms with E-state index in [1.165, 1.54) is 39.0 Å². The predicted octanol–water partition coefficient (Wildman–Crippen LogP) is 4.33. The third kappa shape index (κ3) is 13.5. The van der Waals surface area contributed by atoms with Gasteiger partial charge in [-0.25, -0.2) is 0 Å². The number of rotatable bonds is 19. The van der Waals surface area contributed by atoms with Crippen LogP contribution >= 0.6 is 18.9 Å². The van der Waals surface area contributed by atoms with Crippen molar-refractivity contribution in [3.05, 3.63) is 141 Å². The number of piperidine rings is 1. The Balaban J connectivity index is 0.882. The number of nitrogens with two attached hydrogens (primary N) is 1. The van der Waals surface area contributed by atoms with Gasteiger partial charge in [-0.3, -0.25) is 57.8 Å². The van der Waals surface area contributed by atoms with Crippen molar-refractivity contribution in [3.8, 4) is 11.8 Å². The van der Waals surface area contributed by atoms with E-state index < -0.39 is 84.8 Å². The van der Waals surface area contributed by atoms with Gasteiger partial charge in [0.2, 0.25) is 41.4 Å². The van der Waals surface area contributed by atoms with Crippen LogP contribution in [0.5, 0.6) is 0 Å². The molecule has 9 rings (SSSR count). The quantitative estimate of drug-likeness (QED) is 0.0263. The Morgan fingerprint density at radius 1 is 0.817 bits per heavy atom. The van der Waals surface area contributed by atoms with Crippen molar-refractivity contribution < 1.29 is 62.3 Å². The Labute approximate surface area is 475 Å². The molecule has 0 aliphatic carbocycles. The molecule has 0 bridgehead atoms. The number of hydrogen-bond acceptors (Lipinski definition) is 12. The molecule has 21 nitrogen and oxygen atoms in total. The molecule has 4 aliphatic rings. The normalized spacial score (nSPS) is 19.3. The van der Waals surface area contributed by atoms with Crippen molar-refractivity contribution in [3.63, 3.8) is 0 Å². The lowest BCUT2D eigenvalue weighted by atomic mass is 9.98. The number of unbranched alkanes of at least 4 members (excludes halogenated alkanes) is 3. The molecule has 0 radical (unpaired) electrons. The summed E-state index contributed by atoms with van der Waals surface area (Å²) in [6.45, 7) is 0.112. The summed E-state index contributed by atoms with van der Waals surface area (Å²) in [5.74, 6) is 1.60. The van der Waals surface area contributed by atoms with Gasteiger partial charge >= 0.3 is 7.60 Å². The average Bonchev–Trinajstić information content (AvgIpc) is 4.10. The van der Waals surface area contributed by atoms with Gasteiger partial charge in [-0.05, 0) is 103 Å². The first-order chi connectivity index (χ1) is 39.3. The molecule has 4 aliphatic heterocycles. The molecule has 8 N–H and O–H groups in total. The minimum atomic E-state index is -5.12. The average molecular weight is 1150 g/mol. The predicted molar refractivity (Wildman–Crippen MR) is 300 cm³/mol. The largest absolute Gasteiger partial charge is 0.396 e. The van der Waals surface area contributed by atoms with Gasteiger partial charge in [-0.2, -0.15) is 0 Å². The first-order valence-corrected chi connectivity index (χ1v) is 29.6. The minimum absolute atomic E-state index is 0.0887. The van der Waals surface area contributed by atoms with Crippen molar-refractivity contribution in [2.24, 2.45) is 5.73 Å². The third-order valence-corrected chi connectivity index (χ3v) is 17.2. The number of carbonyl (C=O) groups is 10. The highest BCUT2D eigenvalue weighted by Gasteiger charge is 2.46. The Kier molecular flexibility index (Phi) is 18.2. The number of hydrogen-bond donors (Lipinski definition) is 7. The summed E-state index contributed by atoms with van der Waals surface area (Å²) in [4.78, 5) is 158. The number of nitrogens with zero attached hydrogens (tertiary/aromatic N) is 3. The lowest BCUT2D eigenvalue weighted by Crippen LogP contribution is -2.62. The first kappa shape index (κ1) is 58.3. The van der Waals surface area contributed by atoms with E-state index in [2.05, 4.69) is 33.1 Å². The van der Waals surface area contributed by atoms with Crippen LogP contribution in [0, 0.1) is 11.8 Å². The van der Waals surface area contributed by atoms with Gasteiger partial charge in [0, 0.05) is 72.7 Å². The molecule has 3 fully saturated rings. The van der Waals surface area contributed by atoms with Crippen LogP contribution in [-0.4, -0.2) is 126 Å². The minimum Gasteiger partial charge on any atom is -0.370 e. The number of benzene rings is 4. The number of primary amides is 1. The lowest BCUT2D eigenvalue weighted by molar-refractivity contribution is -0.145.